The van der Waals surface area contributed by atoms with Crippen LogP contribution in [0.3, 0.4) is 0 Å². The largest absolute Gasteiger partial charge is 0.496 e. The van der Waals surface area contributed by atoms with Gasteiger partial charge in [0.25, 0.3) is 0 Å². The third-order valence-electron chi connectivity index (χ3n) is 3.41. The maximum absolute atomic E-state index is 12.3. The number of nitrogens with one attached hydrogen (secondary N) is 1. The summed E-state index contributed by atoms with van der Waals surface area (Å²) in [5.74, 6) is 0.240. The van der Waals surface area contributed by atoms with Crippen LogP contribution >= 0.6 is 0 Å². The van der Waals surface area contributed by atoms with Gasteiger partial charge in [-0.2, -0.15) is 0 Å². The smallest absolute Gasteiger partial charge is 0.236 e. The maximum atomic E-state index is 12.3. The lowest BCUT2D eigenvalue weighted by atomic mass is 10.1. The Morgan fingerprint density at radius 3 is 2.90 bits per heavy atom. The third-order valence-corrected chi connectivity index (χ3v) is 3.41. The minimum atomic E-state index is -0.467. The van der Waals surface area contributed by atoms with Gasteiger partial charge in [-0.1, -0.05) is 18.2 Å². The molecule has 1 aromatic carbocycles. The Morgan fingerprint density at radius 2 is 2.20 bits per heavy atom. The van der Waals surface area contributed by atoms with E-state index in [-0.39, 0.29) is 12.3 Å². The van der Waals surface area contributed by atoms with Gasteiger partial charge in [-0.25, -0.2) is 0 Å². The van der Waals surface area contributed by atoms with Gasteiger partial charge < -0.3 is 20.7 Å². The third kappa shape index (κ3) is 3.27. The van der Waals surface area contributed by atoms with Crippen molar-refractivity contribution in [3.63, 3.8) is 0 Å². The van der Waals surface area contributed by atoms with Crippen LogP contribution in [0.1, 0.15) is 5.56 Å². The van der Waals surface area contributed by atoms with Crippen LogP contribution in [0.15, 0.2) is 24.3 Å². The van der Waals surface area contributed by atoms with Gasteiger partial charge in [0.15, 0.2) is 0 Å². The normalized spacial score (nSPS) is 18.6. The van der Waals surface area contributed by atoms with Crippen molar-refractivity contribution in [2.75, 3.05) is 26.7 Å². The van der Waals surface area contributed by atoms with Crippen molar-refractivity contribution in [1.29, 1.82) is 0 Å². The molecule has 0 bridgehead atoms. The van der Waals surface area contributed by atoms with Gasteiger partial charge >= 0.3 is 0 Å². The number of amides is 2. The molecule has 1 heterocycles. The Kier molecular flexibility index (Phi) is 4.57. The summed E-state index contributed by atoms with van der Waals surface area (Å²) < 4.78 is 5.24. The number of carbonyl (C=O) groups is 2. The van der Waals surface area contributed by atoms with E-state index in [0.717, 1.165) is 5.56 Å². The quantitative estimate of drug-likeness (QED) is 0.779. The lowest BCUT2D eigenvalue weighted by molar-refractivity contribution is -0.133. The lowest BCUT2D eigenvalue weighted by Crippen LogP contribution is -2.57. The first-order chi connectivity index (χ1) is 9.61. The van der Waals surface area contributed by atoms with Gasteiger partial charge in [0.05, 0.1) is 13.5 Å². The van der Waals surface area contributed by atoms with Crippen LogP contribution in [0.5, 0.6) is 5.75 Å². The molecule has 0 radical (unpaired) electrons. The van der Waals surface area contributed by atoms with Gasteiger partial charge in [-0.3, -0.25) is 9.59 Å². The number of primary amides is 1. The molecule has 108 valence electrons. The van der Waals surface area contributed by atoms with E-state index in [1.165, 1.54) is 0 Å². The minimum absolute atomic E-state index is 0.0257. The molecule has 0 aliphatic carbocycles. The summed E-state index contributed by atoms with van der Waals surface area (Å²) in [5.41, 5.74) is 6.11. The lowest BCUT2D eigenvalue weighted by Gasteiger charge is -2.32. The molecule has 1 aromatic rings. The molecule has 3 N–H and O–H groups in total. The molecule has 1 aliphatic rings. The fourth-order valence-corrected chi connectivity index (χ4v) is 2.29. The molecule has 0 aromatic heterocycles. The Balaban J connectivity index is 2.02. The van der Waals surface area contributed by atoms with Gasteiger partial charge in [0, 0.05) is 25.2 Å². The molecule has 2 amide bonds. The van der Waals surface area contributed by atoms with E-state index in [1.54, 1.807) is 12.0 Å². The van der Waals surface area contributed by atoms with Crippen LogP contribution in [0.4, 0.5) is 0 Å². The summed E-state index contributed by atoms with van der Waals surface area (Å²) in [6.07, 6.45) is 0.259. The van der Waals surface area contributed by atoms with Crippen molar-refractivity contribution in [2.45, 2.75) is 12.5 Å². The summed E-state index contributed by atoms with van der Waals surface area (Å²) >= 11 is 0. The molecule has 0 saturated carbocycles. The van der Waals surface area contributed by atoms with E-state index >= 15 is 0 Å². The monoisotopic (exact) mass is 277 g/mol. The molecule has 1 aliphatic heterocycles. The average molecular weight is 277 g/mol. The van der Waals surface area contributed by atoms with Crippen molar-refractivity contribution in [3.8, 4) is 5.75 Å². The number of carbonyl (C=O) groups excluding carboxylic acids is 2. The van der Waals surface area contributed by atoms with Crippen LogP contribution in [0, 0.1) is 0 Å². The first-order valence-electron chi connectivity index (χ1n) is 6.54. The summed E-state index contributed by atoms with van der Waals surface area (Å²) in [5, 5.41) is 3.00. The first-order valence-corrected chi connectivity index (χ1v) is 6.54. The van der Waals surface area contributed by atoms with Crippen LogP contribution in [0.25, 0.3) is 0 Å². The van der Waals surface area contributed by atoms with Crippen LogP contribution in [-0.2, 0) is 16.0 Å². The summed E-state index contributed by atoms with van der Waals surface area (Å²) in [6.45, 7) is 1.48. The second kappa shape index (κ2) is 6.38. The number of para-hydroxylation sites is 1. The summed E-state index contributed by atoms with van der Waals surface area (Å²) in [6, 6.07) is 6.96. The molecule has 1 atom stereocenters. The van der Waals surface area contributed by atoms with Crippen molar-refractivity contribution in [1.82, 2.24) is 10.2 Å². The number of piperazine rings is 1. The zero-order chi connectivity index (χ0) is 14.5. The van der Waals surface area contributed by atoms with Crippen molar-refractivity contribution in [2.24, 2.45) is 5.73 Å². The fraction of sp³-hybridized carbons (Fsp3) is 0.429. The van der Waals surface area contributed by atoms with E-state index in [1.807, 2.05) is 24.3 Å². The van der Waals surface area contributed by atoms with E-state index < -0.39 is 11.9 Å². The zero-order valence-corrected chi connectivity index (χ0v) is 11.5. The van der Waals surface area contributed by atoms with E-state index in [9.17, 15) is 9.59 Å². The molecule has 6 nitrogen and oxygen atoms in total. The number of hydrogen-bond donors (Lipinski definition) is 2. The standard InChI is InChI=1S/C14H19N3O3/c1-20-12-5-3-2-4-10(12)8-13(18)17-7-6-16-11(9-17)14(15)19/h2-5,11,16H,6-9H2,1H3,(H2,15,19)/t11-/m0/s1. The SMILES string of the molecule is COc1ccccc1CC(=O)N1CCN[C@H](C(N)=O)C1. The zero-order valence-electron chi connectivity index (χ0n) is 11.5. The van der Waals surface area contributed by atoms with Gasteiger partial charge in [-0.15, -0.1) is 0 Å². The Morgan fingerprint density at radius 1 is 1.45 bits per heavy atom. The predicted octanol–water partition coefficient (Wildman–Crippen LogP) is -0.477. The number of rotatable bonds is 4. The Labute approximate surface area is 117 Å². The molecule has 0 unspecified atom stereocenters. The van der Waals surface area contributed by atoms with E-state index in [0.29, 0.717) is 25.4 Å². The highest BCUT2D eigenvalue weighted by molar-refractivity contribution is 5.83. The second-order valence-electron chi connectivity index (χ2n) is 4.74. The first kappa shape index (κ1) is 14.3. The molecule has 6 heteroatoms. The summed E-state index contributed by atoms with van der Waals surface area (Å²) in [4.78, 5) is 25.1. The highest BCUT2D eigenvalue weighted by Crippen LogP contribution is 2.18. The molecule has 0 spiro atoms. The molecule has 1 saturated heterocycles. The predicted molar refractivity (Wildman–Crippen MR) is 74.3 cm³/mol. The fourth-order valence-electron chi connectivity index (χ4n) is 2.29. The van der Waals surface area contributed by atoms with Crippen LogP contribution < -0.4 is 15.8 Å². The highest BCUT2D eigenvalue weighted by Gasteiger charge is 2.26. The molecular formula is C14H19N3O3. The molecule has 2 rings (SSSR count). The molecule has 20 heavy (non-hydrogen) atoms. The Bertz CT molecular complexity index is 504. The number of hydrogen-bond acceptors (Lipinski definition) is 4. The van der Waals surface area contributed by atoms with Gasteiger partial charge in [0.2, 0.25) is 11.8 Å². The molecule has 1 fully saturated rings. The number of nitrogens with zero attached hydrogens (tertiary/aromatic N) is 1. The van der Waals surface area contributed by atoms with E-state index in [4.69, 9.17) is 10.5 Å². The Hall–Kier alpha value is -2.08. The maximum Gasteiger partial charge on any atom is 0.236 e. The molecular weight excluding hydrogens is 258 g/mol. The van der Waals surface area contributed by atoms with Gasteiger partial charge in [0.1, 0.15) is 11.8 Å². The van der Waals surface area contributed by atoms with Gasteiger partial charge in [-0.05, 0) is 6.07 Å². The summed E-state index contributed by atoms with van der Waals surface area (Å²) in [7, 11) is 1.58. The average Bonchev–Trinajstić information content (AvgIpc) is 2.48. The van der Waals surface area contributed by atoms with Crippen molar-refractivity contribution >= 4 is 11.8 Å². The minimum Gasteiger partial charge on any atom is -0.496 e. The number of ether oxygens (including phenoxy) is 1. The highest BCUT2D eigenvalue weighted by atomic mass is 16.5. The number of nitrogens with two attached hydrogens (primary N) is 1. The second-order valence-corrected chi connectivity index (χ2v) is 4.74. The van der Waals surface area contributed by atoms with Crippen molar-refractivity contribution in [3.05, 3.63) is 29.8 Å². The number of benzene rings is 1. The van der Waals surface area contributed by atoms with E-state index in [2.05, 4.69) is 5.32 Å². The van der Waals surface area contributed by atoms with Crippen molar-refractivity contribution < 1.29 is 14.3 Å². The number of methoxy groups -OCH3 is 1. The topological polar surface area (TPSA) is 84.7 Å². The van der Waals surface area contributed by atoms with Crippen LogP contribution in [0.2, 0.25) is 0 Å². The van der Waals surface area contributed by atoms with Crippen LogP contribution in [-0.4, -0.2) is 49.5 Å².